The third-order valence-electron chi connectivity index (χ3n) is 6.01. The zero-order valence-corrected chi connectivity index (χ0v) is 30.6. The molecule has 0 aromatic heterocycles. The zero-order valence-electron chi connectivity index (χ0n) is 25.8. The summed E-state index contributed by atoms with van der Waals surface area (Å²) in [4.78, 5) is 44.6. The summed E-state index contributed by atoms with van der Waals surface area (Å²) in [5.74, 6) is -0.481. The Kier molecular flexibility index (Phi) is 37.3. The van der Waals surface area contributed by atoms with Gasteiger partial charge in [0, 0.05) is 26.5 Å². The Labute approximate surface area is 287 Å². The first-order valence-corrected chi connectivity index (χ1v) is 16.0. The zero-order chi connectivity index (χ0) is 28.3. The number of hydrogen-bond acceptors (Lipinski definition) is 9. The molecule has 0 bridgehead atoms. The molecule has 0 unspecified atom stereocenters. The van der Waals surface area contributed by atoms with Gasteiger partial charge in [-0.3, -0.25) is 9.59 Å². The monoisotopic (exact) mass is 611 g/mol. The van der Waals surface area contributed by atoms with Gasteiger partial charge in [0.25, 0.3) is 0 Å². The molecule has 40 heavy (non-hydrogen) atoms. The molecule has 226 valence electrons. The standard InChI is InChI=1S/C27H54NO9P.2Na/c1-3-4-5-6-7-8-9-10-11-13-16-19-27(30)37-26(23-36-38(31,32)33)22-35-24-34-21-18-15-12-14-17-20-28-25(2)29;;/h26H,3-24H2,1-2H3,(H,28,29)(H2,31,32,33);;/q;2*+1/p-2/t26-;;/m0../s1. The normalized spacial score (nSPS) is 11.8. The topological polar surface area (TPSA) is 146 Å². The molecular weight excluding hydrogens is 559 g/mol. The number of rotatable bonds is 28. The van der Waals surface area contributed by atoms with E-state index in [9.17, 15) is 23.9 Å². The fourth-order valence-corrected chi connectivity index (χ4v) is 4.24. The fourth-order valence-electron chi connectivity index (χ4n) is 3.89. The molecule has 0 aliphatic heterocycles. The Morgan fingerprint density at radius 3 is 1.82 bits per heavy atom. The van der Waals surface area contributed by atoms with E-state index >= 15 is 0 Å². The maximum Gasteiger partial charge on any atom is 1.00 e. The summed E-state index contributed by atoms with van der Waals surface area (Å²) in [5, 5.41) is 2.76. The minimum absolute atomic E-state index is 0. The molecule has 1 N–H and O–H groups in total. The SMILES string of the molecule is CCCCCCCCCCCCCC(=O)O[C@@H](COCOCCCCCCCNC(C)=O)COP(=O)([O-])[O-].[Na+].[Na+]. The Hall–Kier alpha value is 0.970. The van der Waals surface area contributed by atoms with E-state index in [4.69, 9.17) is 14.2 Å². The average Bonchev–Trinajstić information content (AvgIpc) is 2.85. The summed E-state index contributed by atoms with van der Waals surface area (Å²) < 4.78 is 31.1. The molecule has 13 heteroatoms. The Balaban J connectivity index is -0.00000684. The van der Waals surface area contributed by atoms with Crippen LogP contribution in [-0.2, 0) is 32.9 Å². The van der Waals surface area contributed by atoms with Crippen molar-refractivity contribution in [3.8, 4) is 0 Å². The third kappa shape index (κ3) is 37.0. The number of hydrogen-bond donors (Lipinski definition) is 1. The molecule has 10 nitrogen and oxygen atoms in total. The number of ether oxygens (including phenoxy) is 3. The van der Waals surface area contributed by atoms with Gasteiger partial charge in [-0.15, -0.1) is 0 Å². The molecule has 0 rings (SSSR count). The first kappa shape index (κ1) is 45.4. The van der Waals surface area contributed by atoms with Crippen molar-refractivity contribution in [2.75, 3.05) is 33.2 Å². The fraction of sp³-hybridized carbons (Fsp3) is 0.926. The summed E-state index contributed by atoms with van der Waals surface area (Å²) in [6, 6.07) is 0. The van der Waals surface area contributed by atoms with Crippen molar-refractivity contribution in [3.05, 3.63) is 0 Å². The van der Waals surface area contributed by atoms with E-state index in [0.717, 1.165) is 51.4 Å². The smallest absolute Gasteiger partial charge is 0.790 e. The van der Waals surface area contributed by atoms with Gasteiger partial charge in [-0.05, 0) is 19.3 Å². The average molecular weight is 612 g/mol. The third-order valence-corrected chi connectivity index (χ3v) is 6.48. The summed E-state index contributed by atoms with van der Waals surface area (Å²) in [6.07, 6.45) is 17.0. The second-order valence-electron chi connectivity index (χ2n) is 9.79. The van der Waals surface area contributed by atoms with Gasteiger partial charge in [-0.1, -0.05) is 90.4 Å². The minimum Gasteiger partial charge on any atom is -0.790 e. The number of carbonyl (C=O) groups excluding carboxylic acids is 2. The minimum atomic E-state index is -5.18. The van der Waals surface area contributed by atoms with Crippen LogP contribution in [0.25, 0.3) is 0 Å². The first-order chi connectivity index (χ1) is 18.2. The van der Waals surface area contributed by atoms with Gasteiger partial charge in [0.1, 0.15) is 12.9 Å². The number of amides is 1. The molecule has 0 radical (unpaired) electrons. The predicted molar refractivity (Wildman–Crippen MR) is 143 cm³/mol. The van der Waals surface area contributed by atoms with E-state index in [2.05, 4.69) is 16.8 Å². The molecule has 0 saturated carbocycles. The van der Waals surface area contributed by atoms with Crippen LogP contribution >= 0.6 is 7.82 Å². The number of nitrogens with one attached hydrogen (secondary N) is 1. The summed E-state index contributed by atoms with van der Waals surface area (Å²) >= 11 is 0. The first-order valence-electron chi connectivity index (χ1n) is 14.5. The quantitative estimate of drug-likeness (QED) is 0.0368. The van der Waals surface area contributed by atoms with Gasteiger partial charge >= 0.3 is 65.1 Å². The number of unbranched alkanes of at least 4 members (excludes halogenated alkanes) is 14. The van der Waals surface area contributed by atoms with Crippen molar-refractivity contribution in [1.82, 2.24) is 5.32 Å². The van der Waals surface area contributed by atoms with Gasteiger partial charge in [0.05, 0.1) is 21.0 Å². The van der Waals surface area contributed by atoms with Crippen LogP contribution in [0, 0.1) is 0 Å². The number of phosphoric ester groups is 1. The van der Waals surface area contributed by atoms with E-state index < -0.39 is 26.5 Å². The molecule has 0 heterocycles. The van der Waals surface area contributed by atoms with Gasteiger partial charge < -0.3 is 38.4 Å². The molecule has 1 atom stereocenters. The van der Waals surface area contributed by atoms with Crippen molar-refractivity contribution in [2.45, 2.75) is 129 Å². The predicted octanol–water partition coefficient (Wildman–Crippen LogP) is -1.47. The molecule has 0 aliphatic rings. The van der Waals surface area contributed by atoms with Gasteiger partial charge in [0.15, 0.2) is 0 Å². The van der Waals surface area contributed by atoms with Crippen molar-refractivity contribution in [1.29, 1.82) is 0 Å². The number of esters is 1. The van der Waals surface area contributed by atoms with Crippen LogP contribution in [0.3, 0.4) is 0 Å². The Bertz CT molecular complexity index is 627. The molecule has 0 aromatic rings. The van der Waals surface area contributed by atoms with Gasteiger partial charge in [-0.25, -0.2) is 0 Å². The van der Waals surface area contributed by atoms with Crippen LogP contribution in [0.5, 0.6) is 0 Å². The molecule has 0 aromatic carbocycles. The van der Waals surface area contributed by atoms with Crippen LogP contribution < -0.4 is 74.2 Å². The number of carbonyl (C=O) groups is 2. The molecule has 0 saturated heterocycles. The van der Waals surface area contributed by atoms with E-state index in [1.54, 1.807) is 0 Å². The van der Waals surface area contributed by atoms with E-state index in [1.165, 1.54) is 51.9 Å². The maximum absolute atomic E-state index is 12.2. The Morgan fingerprint density at radius 1 is 0.750 bits per heavy atom. The second kappa shape index (κ2) is 32.9. The van der Waals surface area contributed by atoms with Crippen molar-refractivity contribution < 1.29 is 102 Å². The van der Waals surface area contributed by atoms with Crippen LogP contribution in [0.15, 0.2) is 0 Å². The summed E-state index contributed by atoms with van der Waals surface area (Å²) in [6.45, 7) is 4.17. The van der Waals surface area contributed by atoms with Crippen LogP contribution in [0.4, 0.5) is 0 Å². The molecule has 0 fully saturated rings. The summed E-state index contributed by atoms with van der Waals surface area (Å²) in [5.41, 5.74) is 0. The van der Waals surface area contributed by atoms with Gasteiger partial charge in [-0.2, -0.15) is 0 Å². The molecular formula is C27H52NNa2O9P. The van der Waals surface area contributed by atoms with Gasteiger partial charge in [0.2, 0.25) is 5.91 Å². The molecule has 1 amide bonds. The second-order valence-corrected chi connectivity index (χ2v) is 10.9. The van der Waals surface area contributed by atoms with Crippen LogP contribution in [0.2, 0.25) is 0 Å². The van der Waals surface area contributed by atoms with E-state index in [0.29, 0.717) is 19.6 Å². The van der Waals surface area contributed by atoms with E-state index in [1.807, 2.05) is 0 Å². The largest absolute Gasteiger partial charge is 1.00 e. The summed E-state index contributed by atoms with van der Waals surface area (Å²) in [7, 11) is -5.18. The van der Waals surface area contributed by atoms with Crippen LogP contribution in [-0.4, -0.2) is 51.1 Å². The Morgan fingerprint density at radius 2 is 1.27 bits per heavy atom. The van der Waals surface area contributed by atoms with E-state index in [-0.39, 0.29) is 84.8 Å². The van der Waals surface area contributed by atoms with Crippen LogP contribution in [0.1, 0.15) is 123 Å². The maximum atomic E-state index is 12.2. The van der Waals surface area contributed by atoms with Crippen molar-refractivity contribution in [3.63, 3.8) is 0 Å². The number of phosphoric acid groups is 1. The van der Waals surface area contributed by atoms with Crippen molar-refractivity contribution in [2.24, 2.45) is 0 Å². The molecule has 0 aliphatic carbocycles. The molecule has 0 spiro atoms. The van der Waals surface area contributed by atoms with Crippen molar-refractivity contribution >= 4 is 19.7 Å².